The molecule has 2 heteroatoms. The molecular weight excluding hydrogens is 188 g/mol. The number of fused-ring (bicyclic) bond motifs is 1. The Hall–Kier alpha value is -0.790. The maximum absolute atomic E-state index is 11.6. The van der Waals surface area contributed by atoms with E-state index in [1.54, 1.807) is 0 Å². The van der Waals surface area contributed by atoms with Gasteiger partial charge in [-0.25, -0.2) is 4.79 Å². The normalized spacial score (nSPS) is 30.3. The van der Waals surface area contributed by atoms with E-state index in [1.807, 2.05) is 6.92 Å². The molecule has 0 radical (unpaired) electrons. The summed E-state index contributed by atoms with van der Waals surface area (Å²) in [5.74, 6) is 1.12. The van der Waals surface area contributed by atoms with Gasteiger partial charge in [-0.3, -0.25) is 0 Å². The second kappa shape index (κ2) is 4.82. The molecule has 0 aromatic carbocycles. The molecule has 0 aliphatic heterocycles. The minimum Gasteiger partial charge on any atom is -0.463 e. The largest absolute Gasteiger partial charge is 0.463 e. The molecule has 0 aromatic heterocycles. The summed E-state index contributed by atoms with van der Waals surface area (Å²) in [5, 5.41) is 0. The Labute approximate surface area is 91.7 Å². The van der Waals surface area contributed by atoms with Crippen LogP contribution in [0.2, 0.25) is 0 Å². The van der Waals surface area contributed by atoms with Gasteiger partial charge in [0.25, 0.3) is 0 Å². The molecule has 0 heterocycles. The molecule has 15 heavy (non-hydrogen) atoms. The van der Waals surface area contributed by atoms with Gasteiger partial charge in [0.05, 0.1) is 6.61 Å². The summed E-state index contributed by atoms with van der Waals surface area (Å²) in [5.41, 5.74) is 0.962. The van der Waals surface area contributed by atoms with E-state index in [0.29, 0.717) is 18.4 Å². The summed E-state index contributed by atoms with van der Waals surface area (Å²) in [6.45, 7) is 2.36. The van der Waals surface area contributed by atoms with Crippen LogP contribution in [0.15, 0.2) is 11.6 Å². The fourth-order valence-electron chi connectivity index (χ4n) is 2.77. The van der Waals surface area contributed by atoms with Gasteiger partial charge in [-0.2, -0.15) is 0 Å². The first-order valence-corrected chi connectivity index (χ1v) is 6.21. The van der Waals surface area contributed by atoms with Crippen LogP contribution in [0.4, 0.5) is 0 Å². The van der Waals surface area contributed by atoms with E-state index in [-0.39, 0.29) is 5.97 Å². The van der Waals surface area contributed by atoms with Crippen molar-refractivity contribution >= 4 is 5.97 Å². The van der Waals surface area contributed by atoms with Crippen molar-refractivity contribution in [2.24, 2.45) is 11.8 Å². The first-order chi connectivity index (χ1) is 7.33. The molecule has 0 spiro atoms. The molecule has 84 valence electrons. The minimum atomic E-state index is -0.0701. The quantitative estimate of drug-likeness (QED) is 0.652. The van der Waals surface area contributed by atoms with E-state index in [2.05, 4.69) is 6.08 Å². The lowest BCUT2D eigenvalue weighted by Crippen LogP contribution is -2.31. The molecule has 0 N–H and O–H groups in total. The SMILES string of the molecule is CCOC(=O)C1=C[C@@H]2CCCCCC[C@H]12. The average Bonchev–Trinajstić information content (AvgIpc) is 2.17. The van der Waals surface area contributed by atoms with Crippen LogP contribution >= 0.6 is 0 Å². The van der Waals surface area contributed by atoms with E-state index >= 15 is 0 Å². The summed E-state index contributed by atoms with van der Waals surface area (Å²) in [6.07, 6.45) is 9.91. The lowest BCUT2D eigenvalue weighted by atomic mass is 9.68. The Morgan fingerprint density at radius 2 is 2.07 bits per heavy atom. The average molecular weight is 208 g/mol. The Balaban J connectivity index is 1.97. The molecule has 1 fully saturated rings. The molecular formula is C13H20O2. The zero-order chi connectivity index (χ0) is 10.7. The van der Waals surface area contributed by atoms with Crippen molar-refractivity contribution in [1.82, 2.24) is 0 Å². The van der Waals surface area contributed by atoms with Crippen molar-refractivity contribution in [2.45, 2.75) is 45.4 Å². The van der Waals surface area contributed by atoms with E-state index in [1.165, 1.54) is 38.5 Å². The molecule has 2 aliphatic carbocycles. The van der Waals surface area contributed by atoms with Crippen molar-refractivity contribution in [1.29, 1.82) is 0 Å². The Morgan fingerprint density at radius 3 is 2.80 bits per heavy atom. The highest BCUT2D eigenvalue weighted by atomic mass is 16.5. The highest BCUT2D eigenvalue weighted by molar-refractivity contribution is 5.90. The van der Waals surface area contributed by atoms with Gasteiger partial charge >= 0.3 is 5.97 Å². The van der Waals surface area contributed by atoms with Crippen LogP contribution in [-0.4, -0.2) is 12.6 Å². The van der Waals surface area contributed by atoms with E-state index < -0.39 is 0 Å². The third-order valence-corrected chi connectivity index (χ3v) is 3.62. The van der Waals surface area contributed by atoms with Crippen molar-refractivity contribution in [3.05, 3.63) is 11.6 Å². The molecule has 1 saturated carbocycles. The first kappa shape index (κ1) is 10.7. The number of carbonyl (C=O) groups is 1. The van der Waals surface area contributed by atoms with Gasteiger partial charge in [0.15, 0.2) is 0 Å². The van der Waals surface area contributed by atoms with Gasteiger partial charge in [-0.15, -0.1) is 0 Å². The lowest BCUT2D eigenvalue weighted by molar-refractivity contribution is -0.140. The first-order valence-electron chi connectivity index (χ1n) is 6.21. The van der Waals surface area contributed by atoms with Gasteiger partial charge in [-0.1, -0.05) is 31.8 Å². The third-order valence-electron chi connectivity index (χ3n) is 3.62. The maximum Gasteiger partial charge on any atom is 0.333 e. The number of carbonyl (C=O) groups excluding carboxylic acids is 1. The van der Waals surface area contributed by atoms with Gasteiger partial charge in [0.2, 0.25) is 0 Å². The van der Waals surface area contributed by atoms with E-state index in [4.69, 9.17) is 4.74 Å². The molecule has 0 amide bonds. The van der Waals surface area contributed by atoms with E-state index in [9.17, 15) is 4.79 Å². The molecule has 0 bridgehead atoms. The Bertz CT molecular complexity index is 268. The predicted octanol–water partition coefficient (Wildman–Crippen LogP) is 3.08. The topological polar surface area (TPSA) is 26.3 Å². The molecule has 0 saturated heterocycles. The number of rotatable bonds is 2. The van der Waals surface area contributed by atoms with Crippen molar-refractivity contribution in [3.8, 4) is 0 Å². The summed E-state index contributed by atoms with van der Waals surface area (Å²) in [6, 6.07) is 0. The number of esters is 1. The fourth-order valence-corrected chi connectivity index (χ4v) is 2.77. The third kappa shape index (κ3) is 2.24. The Morgan fingerprint density at radius 1 is 1.33 bits per heavy atom. The summed E-state index contributed by atoms with van der Waals surface area (Å²) in [7, 11) is 0. The zero-order valence-corrected chi connectivity index (χ0v) is 9.50. The maximum atomic E-state index is 11.6. The predicted molar refractivity (Wildman–Crippen MR) is 59.4 cm³/mol. The molecule has 2 nitrogen and oxygen atoms in total. The van der Waals surface area contributed by atoms with Crippen LogP contribution in [-0.2, 0) is 9.53 Å². The van der Waals surface area contributed by atoms with Crippen LogP contribution in [0.3, 0.4) is 0 Å². The smallest absolute Gasteiger partial charge is 0.333 e. The summed E-state index contributed by atoms with van der Waals surface area (Å²) >= 11 is 0. The molecule has 2 aliphatic rings. The second-order valence-electron chi connectivity index (χ2n) is 4.60. The van der Waals surface area contributed by atoms with Crippen LogP contribution < -0.4 is 0 Å². The second-order valence-corrected chi connectivity index (χ2v) is 4.60. The van der Waals surface area contributed by atoms with Crippen LogP contribution in [0.5, 0.6) is 0 Å². The van der Waals surface area contributed by atoms with Gasteiger partial charge in [-0.05, 0) is 31.6 Å². The van der Waals surface area contributed by atoms with Gasteiger partial charge in [0, 0.05) is 5.57 Å². The highest BCUT2D eigenvalue weighted by Gasteiger charge is 2.36. The monoisotopic (exact) mass is 208 g/mol. The van der Waals surface area contributed by atoms with Gasteiger partial charge < -0.3 is 4.74 Å². The molecule has 2 atom stereocenters. The summed E-state index contributed by atoms with van der Waals surface area (Å²) in [4.78, 5) is 11.6. The lowest BCUT2D eigenvalue weighted by Gasteiger charge is -2.36. The Kier molecular flexibility index (Phi) is 3.45. The number of hydrogen-bond donors (Lipinski definition) is 0. The molecule has 2 rings (SSSR count). The van der Waals surface area contributed by atoms with Crippen LogP contribution in [0.25, 0.3) is 0 Å². The number of hydrogen-bond acceptors (Lipinski definition) is 2. The van der Waals surface area contributed by atoms with Crippen LogP contribution in [0.1, 0.15) is 45.4 Å². The molecule has 0 unspecified atom stereocenters. The van der Waals surface area contributed by atoms with Crippen LogP contribution in [0, 0.1) is 11.8 Å². The standard InChI is InChI=1S/C13H20O2/c1-2-15-13(14)12-9-10-7-5-3-4-6-8-11(10)12/h9-11H,2-8H2,1H3/t10-,11-/m0/s1. The molecule has 0 aromatic rings. The van der Waals surface area contributed by atoms with E-state index in [0.717, 1.165) is 5.57 Å². The van der Waals surface area contributed by atoms with Crippen molar-refractivity contribution in [3.63, 3.8) is 0 Å². The number of ether oxygens (including phenoxy) is 1. The van der Waals surface area contributed by atoms with Gasteiger partial charge in [0.1, 0.15) is 0 Å². The highest BCUT2D eigenvalue weighted by Crippen LogP contribution is 2.42. The fraction of sp³-hybridized carbons (Fsp3) is 0.769. The van der Waals surface area contributed by atoms with Crippen molar-refractivity contribution in [2.75, 3.05) is 6.61 Å². The number of allylic oxidation sites excluding steroid dienone is 1. The minimum absolute atomic E-state index is 0.0701. The summed E-state index contributed by atoms with van der Waals surface area (Å²) < 4.78 is 5.06. The van der Waals surface area contributed by atoms with Crippen molar-refractivity contribution < 1.29 is 9.53 Å². The zero-order valence-electron chi connectivity index (χ0n) is 9.50.